The fourth-order valence-electron chi connectivity index (χ4n) is 2.33. The summed E-state index contributed by atoms with van der Waals surface area (Å²) in [5.74, 6) is -0.479. The van der Waals surface area contributed by atoms with Crippen molar-refractivity contribution >= 4 is 29.9 Å². The number of anilines is 2. The van der Waals surface area contributed by atoms with Crippen LogP contribution in [-0.2, 0) is 0 Å². The van der Waals surface area contributed by atoms with Gasteiger partial charge >= 0.3 is 0 Å². The van der Waals surface area contributed by atoms with Crippen LogP contribution in [0.25, 0.3) is 0 Å². The second kappa shape index (κ2) is 4.83. The standard InChI is InChI=1S/C15H13FN2OS/c1-9-3-2-4-12-13(9)17-15(20)18(14(12)19)11-7-5-10(16)6-8-11/h2-8,15,17,20H,1H3. The fourth-order valence-corrected chi connectivity index (χ4v) is 2.70. The highest BCUT2D eigenvalue weighted by Gasteiger charge is 2.31. The van der Waals surface area contributed by atoms with Crippen LogP contribution in [0.1, 0.15) is 15.9 Å². The fraction of sp³-hybridized carbons (Fsp3) is 0.133. The quantitative estimate of drug-likeness (QED) is 0.788. The number of carbonyl (C=O) groups is 1. The van der Waals surface area contributed by atoms with Gasteiger partial charge in [-0.25, -0.2) is 4.39 Å². The lowest BCUT2D eigenvalue weighted by Crippen LogP contribution is -2.46. The van der Waals surface area contributed by atoms with Gasteiger partial charge in [-0.2, -0.15) is 0 Å². The zero-order chi connectivity index (χ0) is 14.3. The summed E-state index contributed by atoms with van der Waals surface area (Å²) in [6.07, 6.45) is 0. The van der Waals surface area contributed by atoms with Crippen molar-refractivity contribution in [3.8, 4) is 0 Å². The van der Waals surface area contributed by atoms with Crippen molar-refractivity contribution in [3.05, 3.63) is 59.4 Å². The number of benzene rings is 2. The lowest BCUT2D eigenvalue weighted by Gasteiger charge is -2.35. The summed E-state index contributed by atoms with van der Waals surface area (Å²) in [5, 5.41) is 3.20. The van der Waals surface area contributed by atoms with Gasteiger partial charge < -0.3 is 5.32 Å². The Balaban J connectivity index is 2.06. The molecule has 5 heteroatoms. The second-order valence-corrected chi connectivity index (χ2v) is 5.16. The van der Waals surface area contributed by atoms with Crippen LogP contribution in [0.15, 0.2) is 42.5 Å². The highest BCUT2D eigenvalue weighted by Crippen LogP contribution is 2.32. The molecule has 3 rings (SSSR count). The predicted octanol–water partition coefficient (Wildman–Crippen LogP) is 3.42. The number of nitrogens with one attached hydrogen (secondary N) is 1. The Kier molecular flexibility index (Phi) is 3.14. The third-order valence-electron chi connectivity index (χ3n) is 3.34. The van der Waals surface area contributed by atoms with Gasteiger partial charge in [0.1, 0.15) is 5.82 Å². The van der Waals surface area contributed by atoms with E-state index in [2.05, 4.69) is 17.9 Å². The van der Waals surface area contributed by atoms with Gasteiger partial charge in [-0.05, 0) is 42.8 Å². The average Bonchev–Trinajstić information content (AvgIpc) is 2.42. The molecule has 0 fully saturated rings. The Labute approximate surface area is 121 Å². The van der Waals surface area contributed by atoms with Gasteiger partial charge in [0, 0.05) is 5.69 Å². The molecule has 2 aromatic rings. The van der Waals surface area contributed by atoms with Crippen LogP contribution in [0.3, 0.4) is 0 Å². The smallest absolute Gasteiger partial charge is 0.262 e. The molecule has 0 aliphatic carbocycles. The lowest BCUT2D eigenvalue weighted by atomic mass is 10.0. The third-order valence-corrected chi connectivity index (χ3v) is 3.70. The molecule has 0 saturated carbocycles. The molecular formula is C15H13FN2OS. The molecule has 1 aliphatic heterocycles. The van der Waals surface area contributed by atoms with Gasteiger partial charge in [0.2, 0.25) is 0 Å². The number of fused-ring (bicyclic) bond motifs is 1. The van der Waals surface area contributed by atoms with E-state index in [1.165, 1.54) is 17.0 Å². The molecule has 0 saturated heterocycles. The minimum absolute atomic E-state index is 0.144. The molecule has 20 heavy (non-hydrogen) atoms. The van der Waals surface area contributed by atoms with Crippen LogP contribution in [-0.4, -0.2) is 11.4 Å². The number of hydrogen-bond acceptors (Lipinski definition) is 3. The number of aryl methyl sites for hydroxylation is 1. The molecule has 1 N–H and O–H groups in total. The molecule has 1 unspecified atom stereocenters. The van der Waals surface area contributed by atoms with Crippen LogP contribution >= 0.6 is 12.6 Å². The molecule has 1 amide bonds. The Bertz CT molecular complexity index is 672. The van der Waals surface area contributed by atoms with Crippen molar-refractivity contribution in [2.45, 2.75) is 12.4 Å². The molecule has 1 aliphatic rings. The average molecular weight is 288 g/mol. The number of thiol groups is 1. The first-order valence-electron chi connectivity index (χ1n) is 6.21. The van der Waals surface area contributed by atoms with Crippen LogP contribution in [0.5, 0.6) is 0 Å². The van der Waals surface area contributed by atoms with Crippen molar-refractivity contribution in [1.29, 1.82) is 0 Å². The van der Waals surface area contributed by atoms with Gasteiger partial charge in [-0.3, -0.25) is 9.69 Å². The number of hydrogen-bond donors (Lipinski definition) is 2. The molecule has 102 valence electrons. The zero-order valence-electron chi connectivity index (χ0n) is 10.8. The maximum Gasteiger partial charge on any atom is 0.262 e. The molecule has 3 nitrogen and oxygen atoms in total. The highest BCUT2D eigenvalue weighted by atomic mass is 32.1. The van der Waals surface area contributed by atoms with E-state index >= 15 is 0 Å². The predicted molar refractivity (Wildman–Crippen MR) is 80.8 cm³/mol. The number of amides is 1. The van der Waals surface area contributed by atoms with Crippen molar-refractivity contribution < 1.29 is 9.18 Å². The van der Waals surface area contributed by atoms with Gasteiger partial charge in [0.05, 0.1) is 11.3 Å². The number of halogens is 1. The SMILES string of the molecule is Cc1cccc2c1NC(S)N(c1ccc(F)cc1)C2=O. The molecule has 0 radical (unpaired) electrons. The number of carbonyl (C=O) groups excluding carboxylic acids is 1. The van der Waals surface area contributed by atoms with E-state index in [9.17, 15) is 9.18 Å². The van der Waals surface area contributed by atoms with E-state index in [4.69, 9.17) is 0 Å². The summed E-state index contributed by atoms with van der Waals surface area (Å²) in [6, 6.07) is 11.3. The Morgan fingerprint density at radius 1 is 1.20 bits per heavy atom. The third kappa shape index (κ3) is 2.04. The molecule has 0 bridgehead atoms. The van der Waals surface area contributed by atoms with Crippen molar-refractivity contribution in [2.75, 3.05) is 10.2 Å². The van der Waals surface area contributed by atoms with E-state index in [0.29, 0.717) is 11.3 Å². The monoisotopic (exact) mass is 288 g/mol. The van der Waals surface area contributed by atoms with Crippen molar-refractivity contribution in [2.24, 2.45) is 0 Å². The zero-order valence-corrected chi connectivity index (χ0v) is 11.7. The molecule has 0 aromatic heterocycles. The van der Waals surface area contributed by atoms with Crippen LogP contribution in [0.2, 0.25) is 0 Å². The number of nitrogens with zero attached hydrogens (tertiary/aromatic N) is 1. The summed E-state index contributed by atoms with van der Waals surface area (Å²) >= 11 is 4.43. The first-order valence-corrected chi connectivity index (χ1v) is 6.73. The van der Waals surface area contributed by atoms with Crippen molar-refractivity contribution in [3.63, 3.8) is 0 Å². The summed E-state index contributed by atoms with van der Waals surface area (Å²) in [5.41, 5.74) is 2.52. The molecule has 1 atom stereocenters. The summed E-state index contributed by atoms with van der Waals surface area (Å²) in [6.45, 7) is 1.94. The number of rotatable bonds is 1. The summed E-state index contributed by atoms with van der Waals surface area (Å²) < 4.78 is 13.0. The van der Waals surface area contributed by atoms with E-state index in [-0.39, 0.29) is 11.7 Å². The maximum atomic E-state index is 13.0. The molecule has 2 aromatic carbocycles. The highest BCUT2D eigenvalue weighted by molar-refractivity contribution is 7.81. The van der Waals surface area contributed by atoms with Gasteiger partial charge in [-0.1, -0.05) is 12.1 Å². The summed E-state index contributed by atoms with van der Waals surface area (Å²) in [7, 11) is 0. The van der Waals surface area contributed by atoms with Crippen LogP contribution < -0.4 is 10.2 Å². The minimum atomic E-state index is -0.485. The van der Waals surface area contributed by atoms with Crippen LogP contribution in [0, 0.1) is 12.7 Å². The largest absolute Gasteiger partial charge is 0.356 e. The Hall–Kier alpha value is -2.01. The van der Waals surface area contributed by atoms with E-state index in [1.54, 1.807) is 18.2 Å². The van der Waals surface area contributed by atoms with Gasteiger partial charge in [0.15, 0.2) is 5.50 Å². The molecule has 1 heterocycles. The first kappa shape index (κ1) is 13.0. The maximum absolute atomic E-state index is 13.0. The van der Waals surface area contributed by atoms with E-state index in [1.807, 2.05) is 19.1 Å². The Morgan fingerprint density at radius 3 is 2.60 bits per heavy atom. The topological polar surface area (TPSA) is 32.3 Å². The second-order valence-electron chi connectivity index (χ2n) is 4.67. The van der Waals surface area contributed by atoms with Gasteiger partial charge in [-0.15, -0.1) is 12.6 Å². The Morgan fingerprint density at radius 2 is 1.90 bits per heavy atom. The first-order chi connectivity index (χ1) is 9.58. The molecular weight excluding hydrogens is 275 g/mol. The van der Waals surface area contributed by atoms with Gasteiger partial charge in [0.25, 0.3) is 5.91 Å². The van der Waals surface area contributed by atoms with Crippen molar-refractivity contribution in [1.82, 2.24) is 0 Å². The molecule has 0 spiro atoms. The normalized spacial score (nSPS) is 17.6. The summed E-state index contributed by atoms with van der Waals surface area (Å²) in [4.78, 5) is 14.1. The van der Waals surface area contributed by atoms with Crippen LogP contribution in [0.4, 0.5) is 15.8 Å². The lowest BCUT2D eigenvalue weighted by molar-refractivity contribution is 0.0983. The van der Waals surface area contributed by atoms with E-state index < -0.39 is 5.50 Å². The number of para-hydroxylation sites is 1. The minimum Gasteiger partial charge on any atom is -0.356 e. The van der Waals surface area contributed by atoms with E-state index in [0.717, 1.165) is 11.3 Å².